The first kappa shape index (κ1) is 12.2. The van der Waals surface area contributed by atoms with Gasteiger partial charge in [0.1, 0.15) is 0 Å². The molecule has 0 bridgehead atoms. The smallest absolute Gasteiger partial charge is 0.366 e. The van der Waals surface area contributed by atoms with Gasteiger partial charge in [-0.05, 0) is 24.3 Å². The highest BCUT2D eigenvalue weighted by Crippen LogP contribution is 2.36. The predicted octanol–water partition coefficient (Wildman–Crippen LogP) is 2.19. The molecule has 0 unspecified atom stereocenters. The van der Waals surface area contributed by atoms with Crippen molar-refractivity contribution in [1.82, 2.24) is 10.2 Å². The summed E-state index contributed by atoms with van der Waals surface area (Å²) >= 11 is 0. The maximum absolute atomic E-state index is 12.8. The van der Waals surface area contributed by atoms with Gasteiger partial charge < -0.3 is 5.73 Å². The second-order valence-corrected chi connectivity index (χ2v) is 3.59. The van der Waals surface area contributed by atoms with E-state index in [-0.39, 0.29) is 16.8 Å². The van der Waals surface area contributed by atoms with Crippen LogP contribution < -0.4 is 5.73 Å². The Morgan fingerprint density at radius 2 is 2.00 bits per heavy atom. The van der Waals surface area contributed by atoms with E-state index in [2.05, 4.69) is 10.2 Å². The number of aromatic nitrogens is 2. The Morgan fingerprint density at radius 1 is 1.28 bits per heavy atom. The maximum atomic E-state index is 12.8. The van der Waals surface area contributed by atoms with Crippen molar-refractivity contribution >= 4 is 5.91 Å². The van der Waals surface area contributed by atoms with Crippen LogP contribution in [0, 0.1) is 0 Å². The third kappa shape index (κ3) is 2.20. The van der Waals surface area contributed by atoms with Crippen LogP contribution in [0.4, 0.5) is 13.2 Å². The lowest BCUT2D eigenvalue weighted by molar-refractivity contribution is -0.137. The number of H-pyrrole nitrogens is 1. The summed E-state index contributed by atoms with van der Waals surface area (Å²) in [5, 5.41) is 6.02. The van der Waals surface area contributed by atoms with E-state index in [4.69, 9.17) is 5.73 Å². The Bertz CT molecular complexity index is 576. The Hall–Kier alpha value is -2.31. The van der Waals surface area contributed by atoms with Crippen LogP contribution in [0.3, 0.4) is 0 Å². The minimum atomic E-state index is -4.52. The first-order valence-electron chi connectivity index (χ1n) is 4.90. The Morgan fingerprint density at radius 3 is 2.50 bits per heavy atom. The van der Waals surface area contributed by atoms with Crippen molar-refractivity contribution in [3.05, 3.63) is 41.6 Å². The highest BCUT2D eigenvalue weighted by atomic mass is 19.4. The van der Waals surface area contributed by atoms with Crippen LogP contribution in [-0.4, -0.2) is 16.1 Å². The number of amides is 1. The molecule has 0 aliphatic heterocycles. The fourth-order valence-corrected chi connectivity index (χ4v) is 1.57. The lowest BCUT2D eigenvalue weighted by Gasteiger charge is -2.12. The van der Waals surface area contributed by atoms with Gasteiger partial charge in [-0.2, -0.15) is 18.3 Å². The summed E-state index contributed by atoms with van der Waals surface area (Å²) in [6, 6.07) is 4.36. The zero-order valence-electron chi connectivity index (χ0n) is 8.95. The van der Waals surface area contributed by atoms with E-state index in [1.165, 1.54) is 12.3 Å². The van der Waals surface area contributed by atoms with Gasteiger partial charge in [0.05, 0.1) is 11.3 Å². The van der Waals surface area contributed by atoms with Crippen molar-refractivity contribution in [2.24, 2.45) is 5.73 Å². The van der Waals surface area contributed by atoms with Crippen molar-refractivity contribution in [2.75, 3.05) is 0 Å². The highest BCUT2D eigenvalue weighted by molar-refractivity contribution is 5.94. The first-order chi connectivity index (χ1) is 8.39. The summed E-state index contributed by atoms with van der Waals surface area (Å²) in [7, 11) is 0. The predicted molar refractivity (Wildman–Crippen MR) is 57.5 cm³/mol. The SMILES string of the molecule is NC(=O)c1ccc(C(F)(F)F)c(-c2ccn[nH]2)c1. The van der Waals surface area contributed by atoms with E-state index in [1.54, 1.807) is 0 Å². The molecule has 1 heterocycles. The van der Waals surface area contributed by atoms with Crippen LogP contribution in [0.2, 0.25) is 0 Å². The van der Waals surface area contributed by atoms with Crippen molar-refractivity contribution in [3.8, 4) is 11.3 Å². The van der Waals surface area contributed by atoms with E-state index < -0.39 is 17.6 Å². The molecule has 1 amide bonds. The van der Waals surface area contributed by atoms with Crippen LogP contribution in [0.15, 0.2) is 30.5 Å². The van der Waals surface area contributed by atoms with Gasteiger partial charge in [-0.3, -0.25) is 9.89 Å². The number of nitrogens with two attached hydrogens (primary N) is 1. The number of alkyl halides is 3. The molecule has 0 saturated heterocycles. The topological polar surface area (TPSA) is 71.8 Å². The third-order valence-electron chi connectivity index (χ3n) is 2.40. The lowest BCUT2D eigenvalue weighted by Crippen LogP contribution is -2.13. The number of carbonyl (C=O) groups excluding carboxylic acids is 1. The molecule has 0 fully saturated rings. The lowest BCUT2D eigenvalue weighted by atomic mass is 10.0. The third-order valence-corrected chi connectivity index (χ3v) is 2.40. The van der Waals surface area contributed by atoms with Gasteiger partial charge in [0.15, 0.2) is 0 Å². The fraction of sp³-hybridized carbons (Fsp3) is 0.0909. The number of primary amides is 1. The Labute approximate surface area is 99.6 Å². The zero-order chi connectivity index (χ0) is 13.3. The van der Waals surface area contributed by atoms with E-state index in [0.717, 1.165) is 18.2 Å². The molecular formula is C11H8F3N3O. The number of hydrogen-bond donors (Lipinski definition) is 2. The van der Waals surface area contributed by atoms with E-state index in [0.29, 0.717) is 0 Å². The van der Waals surface area contributed by atoms with Crippen LogP contribution in [0.1, 0.15) is 15.9 Å². The van der Waals surface area contributed by atoms with E-state index in [1.807, 2.05) is 0 Å². The molecular weight excluding hydrogens is 247 g/mol. The van der Waals surface area contributed by atoms with Gasteiger partial charge in [0.2, 0.25) is 5.91 Å². The van der Waals surface area contributed by atoms with E-state index in [9.17, 15) is 18.0 Å². The minimum Gasteiger partial charge on any atom is -0.366 e. The van der Waals surface area contributed by atoms with Crippen LogP contribution >= 0.6 is 0 Å². The monoisotopic (exact) mass is 255 g/mol. The first-order valence-corrected chi connectivity index (χ1v) is 4.90. The second-order valence-electron chi connectivity index (χ2n) is 3.59. The highest BCUT2D eigenvalue weighted by Gasteiger charge is 2.34. The number of benzene rings is 1. The average molecular weight is 255 g/mol. The van der Waals surface area contributed by atoms with Gasteiger partial charge >= 0.3 is 6.18 Å². The quantitative estimate of drug-likeness (QED) is 0.863. The number of carbonyl (C=O) groups is 1. The number of halogens is 3. The molecule has 94 valence electrons. The summed E-state index contributed by atoms with van der Waals surface area (Å²) in [4.78, 5) is 11.0. The average Bonchev–Trinajstić information content (AvgIpc) is 2.80. The molecule has 0 radical (unpaired) electrons. The van der Waals surface area contributed by atoms with Gasteiger partial charge in [-0.15, -0.1) is 0 Å². The molecule has 2 rings (SSSR count). The van der Waals surface area contributed by atoms with Crippen molar-refractivity contribution < 1.29 is 18.0 Å². The fourth-order valence-electron chi connectivity index (χ4n) is 1.57. The number of nitrogens with one attached hydrogen (secondary N) is 1. The zero-order valence-corrected chi connectivity index (χ0v) is 8.95. The summed E-state index contributed by atoms with van der Waals surface area (Å²) in [5.41, 5.74) is 4.22. The van der Waals surface area contributed by atoms with Crippen molar-refractivity contribution in [3.63, 3.8) is 0 Å². The summed E-state index contributed by atoms with van der Waals surface area (Å²) in [6.07, 6.45) is -3.19. The van der Waals surface area contributed by atoms with E-state index >= 15 is 0 Å². The Balaban J connectivity index is 2.65. The van der Waals surface area contributed by atoms with Gasteiger partial charge in [-0.1, -0.05) is 0 Å². The van der Waals surface area contributed by atoms with Gasteiger partial charge in [-0.25, -0.2) is 0 Å². The normalized spacial score (nSPS) is 11.5. The van der Waals surface area contributed by atoms with Crippen LogP contribution in [0.25, 0.3) is 11.3 Å². The maximum Gasteiger partial charge on any atom is 0.417 e. The standard InChI is InChI=1S/C11H8F3N3O/c12-11(13,14)8-2-1-6(10(15)18)5-7(8)9-3-4-16-17-9/h1-5H,(H2,15,18)(H,16,17). The largest absolute Gasteiger partial charge is 0.417 e. The molecule has 0 aliphatic carbocycles. The summed E-state index contributed by atoms with van der Waals surface area (Å²) < 4.78 is 38.5. The molecule has 1 aromatic carbocycles. The van der Waals surface area contributed by atoms with Crippen molar-refractivity contribution in [1.29, 1.82) is 0 Å². The molecule has 0 saturated carbocycles. The number of aromatic amines is 1. The van der Waals surface area contributed by atoms with Gasteiger partial charge in [0, 0.05) is 17.3 Å². The summed E-state index contributed by atoms with van der Waals surface area (Å²) in [5.74, 6) is -0.788. The number of rotatable bonds is 2. The molecule has 4 nitrogen and oxygen atoms in total. The van der Waals surface area contributed by atoms with Crippen LogP contribution in [0.5, 0.6) is 0 Å². The minimum absolute atomic E-state index is 0.00704. The molecule has 2 aromatic rings. The molecule has 3 N–H and O–H groups in total. The summed E-state index contributed by atoms with van der Waals surface area (Å²) in [6.45, 7) is 0. The molecule has 7 heteroatoms. The van der Waals surface area contributed by atoms with Gasteiger partial charge in [0.25, 0.3) is 0 Å². The molecule has 18 heavy (non-hydrogen) atoms. The molecule has 0 aliphatic rings. The number of nitrogens with zero attached hydrogens (tertiary/aromatic N) is 1. The number of hydrogen-bond acceptors (Lipinski definition) is 2. The van der Waals surface area contributed by atoms with Crippen LogP contribution in [-0.2, 0) is 6.18 Å². The Kier molecular flexibility index (Phi) is 2.82. The molecule has 0 spiro atoms. The molecule has 0 atom stereocenters. The van der Waals surface area contributed by atoms with Crippen molar-refractivity contribution in [2.45, 2.75) is 6.18 Å². The second kappa shape index (κ2) is 4.17. The molecule has 1 aromatic heterocycles.